The Labute approximate surface area is 134 Å². The van der Waals surface area contributed by atoms with E-state index in [0.29, 0.717) is 6.29 Å². The van der Waals surface area contributed by atoms with Crippen molar-refractivity contribution in [3.63, 3.8) is 0 Å². The highest BCUT2D eigenvalue weighted by molar-refractivity contribution is 6.26. The van der Waals surface area contributed by atoms with Gasteiger partial charge in [0.05, 0.1) is 0 Å². The molecule has 0 bridgehead atoms. The second-order valence-corrected chi connectivity index (χ2v) is 6.87. The van der Waals surface area contributed by atoms with Crippen molar-refractivity contribution in [3.8, 4) is 0 Å². The van der Waals surface area contributed by atoms with Crippen LogP contribution in [0.15, 0.2) is 47.1 Å². The molecule has 0 spiro atoms. The van der Waals surface area contributed by atoms with E-state index in [1.54, 1.807) is 13.0 Å². The van der Waals surface area contributed by atoms with E-state index in [-0.39, 0.29) is 17.1 Å². The van der Waals surface area contributed by atoms with Crippen molar-refractivity contribution in [2.75, 3.05) is 0 Å². The van der Waals surface area contributed by atoms with Crippen LogP contribution < -0.4 is 0 Å². The average Bonchev–Trinajstić information content (AvgIpc) is 2.45. The van der Waals surface area contributed by atoms with Crippen molar-refractivity contribution in [3.05, 3.63) is 47.1 Å². The van der Waals surface area contributed by atoms with Crippen LogP contribution in [0, 0.1) is 11.3 Å². The Bertz CT molecular complexity index is 542. The maximum absolute atomic E-state index is 11.2. The lowest BCUT2D eigenvalue weighted by molar-refractivity contribution is -0.131. The van der Waals surface area contributed by atoms with E-state index < -0.39 is 0 Å². The highest BCUT2D eigenvalue weighted by atomic mass is 16.2. The minimum atomic E-state index is -0.386. The van der Waals surface area contributed by atoms with E-state index in [0.717, 1.165) is 5.57 Å². The van der Waals surface area contributed by atoms with Gasteiger partial charge in [-0.15, -0.1) is 0 Å². The van der Waals surface area contributed by atoms with E-state index >= 15 is 0 Å². The normalized spacial score (nSPS) is 20.7. The van der Waals surface area contributed by atoms with Crippen LogP contribution in [-0.2, 0) is 9.59 Å². The molecule has 0 aromatic heterocycles. The molecule has 1 atom stereocenters. The molecule has 0 saturated carbocycles. The topological polar surface area (TPSA) is 34.1 Å². The zero-order valence-corrected chi connectivity index (χ0v) is 14.5. The molecule has 0 aliphatic heterocycles. The van der Waals surface area contributed by atoms with Crippen LogP contribution in [-0.4, -0.2) is 12.1 Å². The van der Waals surface area contributed by atoms with Crippen LogP contribution in [0.4, 0.5) is 0 Å². The van der Waals surface area contributed by atoms with Gasteiger partial charge in [-0.05, 0) is 44.1 Å². The molecule has 22 heavy (non-hydrogen) atoms. The molecular formula is C20H28O2. The molecule has 0 N–H and O–H groups in total. The molecule has 2 heteroatoms. The largest absolute Gasteiger partial charge is 0.295 e. The Hall–Kier alpha value is -1.70. The number of rotatable bonds is 6. The van der Waals surface area contributed by atoms with Crippen molar-refractivity contribution < 1.29 is 9.59 Å². The number of aldehydes is 1. The first kappa shape index (κ1) is 18.3. The van der Waals surface area contributed by atoms with Gasteiger partial charge in [0.15, 0.2) is 6.29 Å². The molecule has 1 unspecified atom stereocenters. The van der Waals surface area contributed by atoms with Crippen LogP contribution in [0.25, 0.3) is 0 Å². The summed E-state index contributed by atoms with van der Waals surface area (Å²) >= 11 is 0. The van der Waals surface area contributed by atoms with Crippen molar-refractivity contribution in [2.45, 2.75) is 53.9 Å². The smallest absolute Gasteiger partial charge is 0.201 e. The van der Waals surface area contributed by atoms with Gasteiger partial charge < -0.3 is 0 Å². The fourth-order valence-electron chi connectivity index (χ4n) is 2.86. The molecule has 0 aromatic carbocycles. The standard InChI is InChI=1S/C20H28O2/c1-15(8-6-9-17(3)19(22)14-21)11-12-18-16(2)10-7-13-20(18,4)5/h6,8-9,11-12,14,17H,7,10,13H2,1-5H3/b9-6+,12-11+,15-8+. The first-order chi connectivity index (χ1) is 10.3. The molecule has 0 amide bonds. The van der Waals surface area contributed by atoms with Gasteiger partial charge in [0.2, 0.25) is 5.78 Å². The molecule has 0 heterocycles. The van der Waals surface area contributed by atoms with Crippen LogP contribution in [0.1, 0.15) is 53.9 Å². The second-order valence-electron chi connectivity index (χ2n) is 6.87. The molecule has 2 nitrogen and oxygen atoms in total. The van der Waals surface area contributed by atoms with Crippen molar-refractivity contribution >= 4 is 12.1 Å². The quantitative estimate of drug-likeness (QED) is 0.394. The number of ketones is 1. The van der Waals surface area contributed by atoms with Crippen LogP contribution in [0.2, 0.25) is 0 Å². The summed E-state index contributed by atoms with van der Waals surface area (Å²) in [6.07, 6.45) is 14.0. The van der Waals surface area contributed by atoms with Crippen molar-refractivity contribution in [2.24, 2.45) is 11.3 Å². The fraction of sp³-hybridized carbons (Fsp3) is 0.500. The Kier molecular flexibility index (Phi) is 6.73. The third kappa shape index (κ3) is 5.25. The summed E-state index contributed by atoms with van der Waals surface area (Å²) in [7, 11) is 0. The Morgan fingerprint density at radius 2 is 2.00 bits per heavy atom. The maximum Gasteiger partial charge on any atom is 0.201 e. The summed E-state index contributed by atoms with van der Waals surface area (Å²) in [6, 6.07) is 0. The molecule has 0 radical (unpaired) electrons. The number of allylic oxidation sites excluding steroid dienone is 8. The molecule has 1 aliphatic carbocycles. The first-order valence-electron chi connectivity index (χ1n) is 8.00. The summed E-state index contributed by atoms with van der Waals surface area (Å²) in [5.41, 5.74) is 4.31. The summed E-state index contributed by atoms with van der Waals surface area (Å²) in [6.45, 7) is 10.6. The minimum absolute atomic E-state index is 0.250. The summed E-state index contributed by atoms with van der Waals surface area (Å²) in [4.78, 5) is 21.6. The summed E-state index contributed by atoms with van der Waals surface area (Å²) in [5, 5.41) is 0. The van der Waals surface area contributed by atoms with E-state index in [4.69, 9.17) is 0 Å². The van der Waals surface area contributed by atoms with Crippen molar-refractivity contribution in [1.29, 1.82) is 0 Å². The van der Waals surface area contributed by atoms with Crippen LogP contribution in [0.5, 0.6) is 0 Å². The van der Waals surface area contributed by atoms with E-state index in [2.05, 4.69) is 32.9 Å². The minimum Gasteiger partial charge on any atom is -0.295 e. The number of hydrogen-bond donors (Lipinski definition) is 0. The van der Waals surface area contributed by atoms with Crippen LogP contribution >= 0.6 is 0 Å². The second kappa shape index (κ2) is 8.07. The molecule has 0 fully saturated rings. The van der Waals surface area contributed by atoms with Gasteiger partial charge >= 0.3 is 0 Å². The predicted molar refractivity (Wildman–Crippen MR) is 92.6 cm³/mol. The molecule has 1 aliphatic rings. The number of carbonyl (C=O) groups is 2. The lowest BCUT2D eigenvalue weighted by atomic mass is 9.72. The third-order valence-electron chi connectivity index (χ3n) is 4.38. The van der Waals surface area contributed by atoms with Gasteiger partial charge in [0, 0.05) is 5.92 Å². The van der Waals surface area contributed by atoms with Gasteiger partial charge in [-0.25, -0.2) is 0 Å². The van der Waals surface area contributed by atoms with E-state index in [9.17, 15) is 9.59 Å². The van der Waals surface area contributed by atoms with Crippen molar-refractivity contribution in [1.82, 2.24) is 0 Å². The molecule has 120 valence electrons. The van der Waals surface area contributed by atoms with E-state index in [1.807, 2.05) is 19.1 Å². The SMILES string of the molecule is CC1=C(/C=C/C(C)=C/C=C/C(C)C(=O)C=O)C(C)(C)CCC1. The lowest BCUT2D eigenvalue weighted by Crippen LogP contribution is -2.19. The van der Waals surface area contributed by atoms with E-state index in [1.165, 1.54) is 30.4 Å². The first-order valence-corrected chi connectivity index (χ1v) is 8.00. The van der Waals surface area contributed by atoms with Gasteiger partial charge in [0.1, 0.15) is 0 Å². The predicted octanol–water partition coefficient (Wildman–Crippen LogP) is 4.98. The molecule has 0 aromatic rings. The fourth-order valence-corrected chi connectivity index (χ4v) is 2.86. The number of hydrogen-bond acceptors (Lipinski definition) is 2. The monoisotopic (exact) mass is 300 g/mol. The van der Waals surface area contributed by atoms with Gasteiger partial charge in [-0.1, -0.05) is 62.3 Å². The van der Waals surface area contributed by atoms with Gasteiger partial charge in [0.25, 0.3) is 0 Å². The maximum atomic E-state index is 11.2. The van der Waals surface area contributed by atoms with Crippen LogP contribution in [0.3, 0.4) is 0 Å². The summed E-state index contributed by atoms with van der Waals surface area (Å²) in [5.74, 6) is -0.740. The highest BCUT2D eigenvalue weighted by Crippen LogP contribution is 2.40. The van der Waals surface area contributed by atoms with Gasteiger partial charge in [-0.3, -0.25) is 9.59 Å². The highest BCUT2D eigenvalue weighted by Gasteiger charge is 2.26. The third-order valence-corrected chi connectivity index (χ3v) is 4.38. The Morgan fingerprint density at radius 1 is 1.32 bits per heavy atom. The number of carbonyl (C=O) groups excluding carboxylic acids is 2. The zero-order valence-electron chi connectivity index (χ0n) is 14.5. The van der Waals surface area contributed by atoms with Gasteiger partial charge in [-0.2, -0.15) is 0 Å². The Balaban J connectivity index is 2.77. The molecule has 1 rings (SSSR count). The molecular weight excluding hydrogens is 272 g/mol. The number of Topliss-reactive ketones (excluding diaryl/α,β-unsaturated/α-hetero) is 1. The lowest BCUT2D eigenvalue weighted by Gasteiger charge is -2.32. The zero-order chi connectivity index (χ0) is 16.8. The Morgan fingerprint density at radius 3 is 2.59 bits per heavy atom. The summed E-state index contributed by atoms with van der Waals surface area (Å²) < 4.78 is 0. The average molecular weight is 300 g/mol. The molecule has 0 saturated heterocycles.